The third kappa shape index (κ3) is 7.80. The largest absolute Gasteiger partial charge is 0.459 e. The third-order valence-corrected chi connectivity index (χ3v) is 15.9. The average molecular weight is 764 g/mol. The van der Waals surface area contributed by atoms with E-state index in [1.165, 1.54) is 0 Å². The minimum atomic E-state index is -3.11. The summed E-state index contributed by atoms with van der Waals surface area (Å²) in [6.07, 6.45) is 0.275. The summed E-state index contributed by atoms with van der Waals surface area (Å²) in [7, 11) is -2.00. The van der Waals surface area contributed by atoms with Crippen LogP contribution in [-0.4, -0.2) is 72.9 Å². The third-order valence-electron chi connectivity index (χ3n) is 11.0. The minimum absolute atomic E-state index is 0.0246. The van der Waals surface area contributed by atoms with Gasteiger partial charge in [-0.2, -0.15) is 4.90 Å². The van der Waals surface area contributed by atoms with Crippen LogP contribution in [-0.2, 0) is 25.4 Å². The van der Waals surface area contributed by atoms with E-state index in [1.807, 2.05) is 72.8 Å². The highest BCUT2D eigenvalue weighted by atomic mass is 28.4. The Morgan fingerprint density at radius 2 is 1.51 bits per heavy atom. The topological polar surface area (TPSA) is 147 Å². The Labute approximate surface area is 322 Å². The molecule has 0 unspecified atom stereocenters. The van der Waals surface area contributed by atoms with Crippen LogP contribution in [0.3, 0.4) is 0 Å². The summed E-state index contributed by atoms with van der Waals surface area (Å²) in [5, 5.41) is 34.6. The van der Waals surface area contributed by atoms with Crippen LogP contribution in [0.4, 0.5) is 4.79 Å². The number of hydrogen-bond donors (Lipinski definition) is 3. The molecule has 2 aliphatic rings. The summed E-state index contributed by atoms with van der Waals surface area (Å²) in [4.78, 5) is 40.9. The molecule has 1 saturated heterocycles. The molecule has 4 atom stereocenters. The second-order valence-corrected chi connectivity index (χ2v) is 19.5. The number of fused-ring (bicyclic) bond motifs is 1. The summed E-state index contributed by atoms with van der Waals surface area (Å²) in [5.74, 6) is -3.44. The number of ether oxygens (including phenoxy) is 1. The Morgan fingerprint density at radius 1 is 0.909 bits per heavy atom. The van der Waals surface area contributed by atoms with E-state index in [0.717, 1.165) is 28.6 Å². The molecule has 3 N–H and O–H groups in total. The van der Waals surface area contributed by atoms with Crippen molar-refractivity contribution < 1.29 is 43.3 Å². The molecule has 6 rings (SSSR count). The van der Waals surface area contributed by atoms with Gasteiger partial charge in [-0.3, -0.25) is 9.59 Å². The van der Waals surface area contributed by atoms with Crippen LogP contribution in [0.5, 0.6) is 0 Å². The van der Waals surface area contributed by atoms with Crippen molar-refractivity contribution in [3.05, 3.63) is 131 Å². The van der Waals surface area contributed by atoms with E-state index in [9.17, 15) is 29.7 Å². The summed E-state index contributed by atoms with van der Waals surface area (Å²) < 4.78 is 17.9. The van der Waals surface area contributed by atoms with Crippen LogP contribution in [0.2, 0.25) is 5.04 Å². The molecule has 288 valence electrons. The Kier molecular flexibility index (Phi) is 12.2. The smallest absolute Gasteiger partial charge is 0.423 e. The molecule has 3 aromatic carbocycles. The zero-order valence-electron chi connectivity index (χ0n) is 31.7. The number of rotatable bonds is 13. The number of nitrogens with zero attached hydrogens (tertiary/aromatic N) is 1. The average Bonchev–Trinajstić information content (AvgIpc) is 3.76. The first-order valence-corrected chi connectivity index (χ1v) is 20.5. The Bertz CT molecular complexity index is 2000. The SMILES string of the molecule is COC(=O)N1C(=O)[C@@H]2[C@@H](CC(CO[Si](c3ccccc3)(c3ccccc3)C(C)(C)C)=C([C@H](O)CC/C(=C/c3ccc(CO)o3)c3ccccc3)[C@@H]2CO)C1=O. The molecule has 0 radical (unpaired) electrons. The number of methoxy groups -OCH3 is 1. The van der Waals surface area contributed by atoms with Gasteiger partial charge in [0.1, 0.15) is 18.1 Å². The minimum Gasteiger partial charge on any atom is -0.459 e. The van der Waals surface area contributed by atoms with Crippen molar-refractivity contribution in [2.75, 3.05) is 20.3 Å². The van der Waals surface area contributed by atoms with E-state index in [-0.39, 0.29) is 31.1 Å². The number of benzene rings is 3. The first kappa shape index (κ1) is 39.8. The fraction of sp³-hybridized carbons (Fsp3) is 0.341. The number of carbonyl (C=O) groups excluding carboxylic acids is 3. The number of furan rings is 1. The van der Waals surface area contributed by atoms with Gasteiger partial charge in [0.2, 0.25) is 11.8 Å². The molecular weight excluding hydrogens is 715 g/mol. The Morgan fingerprint density at radius 3 is 2.04 bits per heavy atom. The monoisotopic (exact) mass is 763 g/mol. The van der Waals surface area contributed by atoms with Gasteiger partial charge < -0.3 is 28.9 Å². The lowest BCUT2D eigenvalue weighted by Crippen LogP contribution is -2.66. The molecule has 0 bridgehead atoms. The molecule has 0 spiro atoms. The Balaban J connectivity index is 1.43. The molecule has 4 aromatic rings. The molecule has 1 aromatic heterocycles. The van der Waals surface area contributed by atoms with Gasteiger partial charge in [-0.1, -0.05) is 112 Å². The van der Waals surface area contributed by atoms with E-state index in [4.69, 9.17) is 13.6 Å². The van der Waals surface area contributed by atoms with Gasteiger partial charge in [0, 0.05) is 5.92 Å². The summed E-state index contributed by atoms with van der Waals surface area (Å²) >= 11 is 0. The fourth-order valence-electron chi connectivity index (χ4n) is 8.45. The highest BCUT2D eigenvalue weighted by molar-refractivity contribution is 6.99. The lowest BCUT2D eigenvalue weighted by atomic mass is 9.68. The summed E-state index contributed by atoms with van der Waals surface area (Å²) in [5.41, 5.74) is 2.84. The van der Waals surface area contributed by atoms with Gasteiger partial charge in [-0.15, -0.1) is 0 Å². The Hall–Kier alpha value is -4.91. The van der Waals surface area contributed by atoms with Crippen molar-refractivity contribution >= 4 is 48.2 Å². The maximum atomic E-state index is 13.8. The van der Waals surface area contributed by atoms with Gasteiger partial charge in [0.15, 0.2) is 0 Å². The molecule has 11 heteroatoms. The highest BCUT2D eigenvalue weighted by Gasteiger charge is 2.58. The second kappa shape index (κ2) is 16.8. The predicted octanol–water partition coefficient (Wildman–Crippen LogP) is 5.71. The first-order chi connectivity index (χ1) is 26.4. The number of aliphatic hydroxyl groups excluding tert-OH is 3. The molecule has 0 saturated carbocycles. The molecule has 55 heavy (non-hydrogen) atoms. The van der Waals surface area contributed by atoms with E-state index >= 15 is 0 Å². The zero-order chi connectivity index (χ0) is 39.3. The van der Waals surface area contributed by atoms with Crippen LogP contribution in [0.25, 0.3) is 11.6 Å². The highest BCUT2D eigenvalue weighted by Crippen LogP contribution is 2.47. The first-order valence-electron chi connectivity index (χ1n) is 18.6. The number of allylic oxidation sites excluding steroid dienone is 1. The van der Waals surface area contributed by atoms with Crippen molar-refractivity contribution in [1.29, 1.82) is 0 Å². The van der Waals surface area contributed by atoms with Gasteiger partial charge in [-0.05, 0) is 75.2 Å². The number of likely N-dealkylation sites (tertiary alicyclic amines) is 1. The molecule has 2 heterocycles. The quantitative estimate of drug-likeness (QED) is 0.0886. The second-order valence-electron chi connectivity index (χ2n) is 15.2. The van der Waals surface area contributed by atoms with Crippen LogP contribution in [0, 0.1) is 17.8 Å². The molecule has 1 fully saturated rings. The van der Waals surface area contributed by atoms with Crippen LogP contribution >= 0.6 is 0 Å². The molecule has 1 aliphatic heterocycles. The molecule has 10 nitrogen and oxygen atoms in total. The van der Waals surface area contributed by atoms with E-state index in [1.54, 1.807) is 12.1 Å². The number of aliphatic hydroxyl groups is 3. The van der Waals surface area contributed by atoms with Gasteiger partial charge in [0.05, 0.1) is 38.3 Å². The molecular formula is C44H49NO9Si. The van der Waals surface area contributed by atoms with Crippen LogP contribution < -0.4 is 10.4 Å². The van der Waals surface area contributed by atoms with Crippen molar-refractivity contribution in [2.24, 2.45) is 17.8 Å². The van der Waals surface area contributed by atoms with Crippen molar-refractivity contribution in [3.63, 3.8) is 0 Å². The van der Waals surface area contributed by atoms with Gasteiger partial charge in [-0.25, -0.2) is 4.79 Å². The number of imide groups is 3. The normalized spacial score (nSPS) is 19.8. The van der Waals surface area contributed by atoms with Crippen LogP contribution in [0.15, 0.2) is 119 Å². The number of hydrogen-bond acceptors (Lipinski definition) is 9. The van der Waals surface area contributed by atoms with Crippen molar-refractivity contribution in [2.45, 2.75) is 57.8 Å². The van der Waals surface area contributed by atoms with Gasteiger partial charge in [0.25, 0.3) is 8.32 Å². The fourth-order valence-corrected chi connectivity index (χ4v) is 13.0. The number of carbonyl (C=O) groups is 3. The number of amides is 3. The van der Waals surface area contributed by atoms with Crippen molar-refractivity contribution in [1.82, 2.24) is 4.90 Å². The molecule has 1 aliphatic carbocycles. The maximum Gasteiger partial charge on any atom is 0.423 e. The van der Waals surface area contributed by atoms with E-state index < -0.39 is 56.7 Å². The zero-order valence-corrected chi connectivity index (χ0v) is 32.7. The maximum absolute atomic E-state index is 13.8. The summed E-state index contributed by atoms with van der Waals surface area (Å²) in [6, 6.07) is 33.4. The molecule has 3 amide bonds. The summed E-state index contributed by atoms with van der Waals surface area (Å²) in [6.45, 7) is 5.72. The van der Waals surface area contributed by atoms with Crippen LogP contribution in [0.1, 0.15) is 57.1 Å². The standard InChI is InChI=1S/C44H49NO9Si/c1-44(2,3)55(34-16-10-6-11-17-34,35-18-12-7-13-19-35)53-28-31-25-36-40(42(50)45(41(36)49)43(51)52-4)37(27-47)39(31)38(48)23-20-30(29-14-8-5-9-15-29)24-32-21-22-33(26-46)54-32/h5-19,21-22,24,36-38,40,46-48H,20,23,25-28H2,1-4H3/b30-24-/t36-,37+,38-,40-/m1/s1. The van der Waals surface area contributed by atoms with Gasteiger partial charge >= 0.3 is 6.09 Å². The van der Waals surface area contributed by atoms with E-state index in [2.05, 4.69) is 45.0 Å². The predicted molar refractivity (Wildman–Crippen MR) is 211 cm³/mol. The lowest BCUT2D eigenvalue weighted by molar-refractivity contribution is -0.137. The lowest BCUT2D eigenvalue weighted by Gasteiger charge is -2.44. The van der Waals surface area contributed by atoms with E-state index in [0.29, 0.717) is 34.0 Å². The van der Waals surface area contributed by atoms with Crippen molar-refractivity contribution in [3.8, 4) is 0 Å².